The number of hydrogen-bond acceptors (Lipinski definition) is 3. The van der Waals surface area contributed by atoms with E-state index < -0.39 is 0 Å². The molecule has 0 spiro atoms. The summed E-state index contributed by atoms with van der Waals surface area (Å²) < 4.78 is 5.42. The van der Waals surface area contributed by atoms with Crippen LogP contribution in [0.25, 0.3) is 0 Å². The third-order valence-electron chi connectivity index (χ3n) is 4.63. The lowest BCUT2D eigenvalue weighted by Gasteiger charge is -2.34. The molecule has 122 valence electrons. The number of benzene rings is 1. The Morgan fingerprint density at radius 2 is 1.95 bits per heavy atom. The number of piperidine rings is 1. The Labute approximate surface area is 133 Å². The minimum absolute atomic E-state index is 0.103. The second kappa shape index (κ2) is 7.63. The summed E-state index contributed by atoms with van der Waals surface area (Å²) in [5, 5.41) is 0. The van der Waals surface area contributed by atoms with E-state index in [0.29, 0.717) is 5.92 Å². The van der Waals surface area contributed by atoms with Crippen LogP contribution in [0.2, 0.25) is 0 Å². The van der Waals surface area contributed by atoms with Gasteiger partial charge in [0, 0.05) is 13.1 Å². The lowest BCUT2D eigenvalue weighted by Crippen LogP contribution is -2.49. The molecular weight excluding hydrogens is 276 g/mol. The van der Waals surface area contributed by atoms with Gasteiger partial charge in [0.1, 0.15) is 5.75 Å². The second-order valence-electron chi connectivity index (χ2n) is 6.55. The van der Waals surface area contributed by atoms with Crippen molar-refractivity contribution in [3.05, 3.63) is 29.8 Å². The number of ether oxygens (including phenoxy) is 1. The fraction of sp³-hybridized carbons (Fsp3) is 0.611. The standard InChI is InChI=1S/C18H28N2O2/c1-13(2)17(19)18(21)20-10-8-14(9-11-20)12-15-6-4-5-7-16(15)22-3/h4-7,13-14,17H,8-12,19H2,1-3H3/t17-/m0/s1. The number of para-hydroxylation sites is 1. The SMILES string of the molecule is COc1ccccc1CC1CCN(C(=O)[C@@H](N)C(C)C)CC1. The molecule has 1 heterocycles. The van der Waals surface area contributed by atoms with Crippen LogP contribution in [-0.2, 0) is 11.2 Å². The zero-order valence-electron chi connectivity index (χ0n) is 13.9. The normalized spacial score (nSPS) is 17.6. The quantitative estimate of drug-likeness (QED) is 0.909. The van der Waals surface area contributed by atoms with Crippen molar-refractivity contribution in [3.63, 3.8) is 0 Å². The first-order valence-corrected chi connectivity index (χ1v) is 8.19. The van der Waals surface area contributed by atoms with E-state index in [1.54, 1.807) is 7.11 Å². The Balaban J connectivity index is 1.88. The molecule has 22 heavy (non-hydrogen) atoms. The van der Waals surface area contributed by atoms with Crippen molar-refractivity contribution < 1.29 is 9.53 Å². The van der Waals surface area contributed by atoms with E-state index >= 15 is 0 Å². The molecule has 1 amide bonds. The fourth-order valence-corrected chi connectivity index (χ4v) is 3.04. The molecule has 1 aliphatic rings. The molecule has 0 radical (unpaired) electrons. The summed E-state index contributed by atoms with van der Waals surface area (Å²) >= 11 is 0. The van der Waals surface area contributed by atoms with Gasteiger partial charge in [-0.05, 0) is 42.7 Å². The first-order chi connectivity index (χ1) is 10.5. The van der Waals surface area contributed by atoms with Crippen molar-refractivity contribution in [1.29, 1.82) is 0 Å². The number of nitrogens with two attached hydrogens (primary N) is 1. The van der Waals surface area contributed by atoms with E-state index in [1.807, 2.05) is 30.9 Å². The van der Waals surface area contributed by atoms with Gasteiger partial charge in [-0.2, -0.15) is 0 Å². The monoisotopic (exact) mass is 304 g/mol. The van der Waals surface area contributed by atoms with Gasteiger partial charge in [0.15, 0.2) is 0 Å². The Morgan fingerprint density at radius 3 is 2.55 bits per heavy atom. The smallest absolute Gasteiger partial charge is 0.239 e. The highest BCUT2D eigenvalue weighted by Crippen LogP contribution is 2.27. The Bertz CT molecular complexity index is 494. The predicted molar refractivity (Wildman–Crippen MR) is 88.8 cm³/mol. The van der Waals surface area contributed by atoms with Crippen molar-refractivity contribution in [1.82, 2.24) is 4.90 Å². The molecular formula is C18H28N2O2. The molecule has 0 aromatic heterocycles. The summed E-state index contributed by atoms with van der Waals surface area (Å²) in [6.45, 7) is 5.63. The predicted octanol–water partition coefficient (Wildman–Crippen LogP) is 2.46. The number of likely N-dealkylation sites (tertiary alicyclic amines) is 1. The Hall–Kier alpha value is -1.55. The van der Waals surface area contributed by atoms with Crippen molar-refractivity contribution in [2.45, 2.75) is 39.2 Å². The maximum absolute atomic E-state index is 12.3. The maximum atomic E-state index is 12.3. The summed E-state index contributed by atoms with van der Waals surface area (Å²) in [5.74, 6) is 1.86. The highest BCUT2D eigenvalue weighted by molar-refractivity contribution is 5.82. The number of amides is 1. The molecule has 0 aliphatic carbocycles. The van der Waals surface area contributed by atoms with Crippen molar-refractivity contribution in [2.75, 3.05) is 20.2 Å². The molecule has 1 aromatic rings. The topological polar surface area (TPSA) is 55.6 Å². The minimum Gasteiger partial charge on any atom is -0.496 e. The Morgan fingerprint density at radius 1 is 1.32 bits per heavy atom. The van der Waals surface area contributed by atoms with E-state index in [9.17, 15) is 4.79 Å². The lowest BCUT2D eigenvalue weighted by molar-refractivity contribution is -0.134. The van der Waals surface area contributed by atoms with Gasteiger partial charge in [-0.3, -0.25) is 4.79 Å². The molecule has 2 N–H and O–H groups in total. The second-order valence-corrected chi connectivity index (χ2v) is 6.55. The van der Waals surface area contributed by atoms with Gasteiger partial charge in [0.05, 0.1) is 13.2 Å². The van der Waals surface area contributed by atoms with Gasteiger partial charge < -0.3 is 15.4 Å². The molecule has 4 heteroatoms. The van der Waals surface area contributed by atoms with E-state index in [-0.39, 0.29) is 17.9 Å². The maximum Gasteiger partial charge on any atom is 0.239 e. The molecule has 0 saturated carbocycles. The average Bonchev–Trinajstić information content (AvgIpc) is 2.54. The third-order valence-corrected chi connectivity index (χ3v) is 4.63. The number of nitrogens with zero attached hydrogens (tertiary/aromatic N) is 1. The van der Waals surface area contributed by atoms with E-state index in [0.717, 1.165) is 38.1 Å². The number of methoxy groups -OCH3 is 1. The van der Waals surface area contributed by atoms with Crippen LogP contribution in [0.3, 0.4) is 0 Å². The summed E-state index contributed by atoms with van der Waals surface area (Å²) in [5.41, 5.74) is 7.24. The van der Waals surface area contributed by atoms with Crippen LogP contribution >= 0.6 is 0 Å². The molecule has 1 saturated heterocycles. The van der Waals surface area contributed by atoms with Crippen LogP contribution in [0.5, 0.6) is 5.75 Å². The first kappa shape index (κ1) is 16.8. The van der Waals surface area contributed by atoms with Gasteiger partial charge in [-0.25, -0.2) is 0 Å². The van der Waals surface area contributed by atoms with Gasteiger partial charge in [-0.15, -0.1) is 0 Å². The molecule has 1 fully saturated rings. The number of carbonyl (C=O) groups is 1. The summed E-state index contributed by atoms with van der Waals surface area (Å²) in [7, 11) is 1.72. The highest BCUT2D eigenvalue weighted by atomic mass is 16.5. The third kappa shape index (κ3) is 4.01. The molecule has 1 aromatic carbocycles. The zero-order chi connectivity index (χ0) is 16.1. The summed E-state index contributed by atoms with van der Waals surface area (Å²) in [6, 6.07) is 7.82. The molecule has 1 atom stereocenters. The van der Waals surface area contributed by atoms with Crippen LogP contribution in [0.4, 0.5) is 0 Å². The van der Waals surface area contributed by atoms with E-state index in [1.165, 1.54) is 5.56 Å². The molecule has 0 unspecified atom stereocenters. The van der Waals surface area contributed by atoms with Gasteiger partial charge in [0.25, 0.3) is 0 Å². The van der Waals surface area contributed by atoms with Crippen molar-refractivity contribution in [3.8, 4) is 5.75 Å². The van der Waals surface area contributed by atoms with Crippen LogP contribution < -0.4 is 10.5 Å². The largest absolute Gasteiger partial charge is 0.496 e. The van der Waals surface area contributed by atoms with Crippen molar-refractivity contribution >= 4 is 5.91 Å². The van der Waals surface area contributed by atoms with Gasteiger partial charge in [-0.1, -0.05) is 32.0 Å². The van der Waals surface area contributed by atoms with E-state index in [2.05, 4.69) is 12.1 Å². The zero-order valence-corrected chi connectivity index (χ0v) is 13.9. The minimum atomic E-state index is -0.370. The van der Waals surface area contributed by atoms with E-state index in [4.69, 9.17) is 10.5 Å². The van der Waals surface area contributed by atoms with Crippen LogP contribution in [0, 0.1) is 11.8 Å². The fourth-order valence-electron chi connectivity index (χ4n) is 3.04. The highest BCUT2D eigenvalue weighted by Gasteiger charge is 2.28. The lowest BCUT2D eigenvalue weighted by atomic mass is 9.89. The summed E-state index contributed by atoms with van der Waals surface area (Å²) in [6.07, 6.45) is 3.09. The first-order valence-electron chi connectivity index (χ1n) is 8.19. The van der Waals surface area contributed by atoms with Crippen LogP contribution in [0.15, 0.2) is 24.3 Å². The molecule has 2 rings (SSSR count). The Kier molecular flexibility index (Phi) is 5.83. The van der Waals surface area contributed by atoms with Gasteiger partial charge in [0.2, 0.25) is 5.91 Å². The average molecular weight is 304 g/mol. The number of carbonyl (C=O) groups excluding carboxylic acids is 1. The van der Waals surface area contributed by atoms with Crippen LogP contribution in [-0.4, -0.2) is 37.0 Å². The molecule has 1 aliphatic heterocycles. The molecule has 4 nitrogen and oxygen atoms in total. The van der Waals surface area contributed by atoms with Crippen LogP contribution in [0.1, 0.15) is 32.3 Å². The number of hydrogen-bond donors (Lipinski definition) is 1. The number of rotatable bonds is 5. The molecule has 0 bridgehead atoms. The summed E-state index contributed by atoms with van der Waals surface area (Å²) in [4.78, 5) is 14.2. The van der Waals surface area contributed by atoms with Crippen molar-refractivity contribution in [2.24, 2.45) is 17.6 Å². The van der Waals surface area contributed by atoms with Gasteiger partial charge >= 0.3 is 0 Å².